The number of aliphatic hydroxyl groups excluding tert-OH is 1. The summed E-state index contributed by atoms with van der Waals surface area (Å²) in [7, 11) is 0. The van der Waals surface area contributed by atoms with Crippen LogP contribution in [0.5, 0.6) is 0 Å². The Balaban J connectivity index is 2.84. The number of aromatic nitrogens is 1. The fourth-order valence-corrected chi connectivity index (χ4v) is 2.27. The SMILES string of the molecule is CCCc1cc(F)c2cc(C)c(C)nc2c1C#CCO. The molecule has 20 heavy (non-hydrogen) atoms. The Morgan fingerprint density at radius 2 is 2.05 bits per heavy atom. The lowest BCUT2D eigenvalue weighted by Crippen LogP contribution is -1.99. The average Bonchev–Trinajstić information content (AvgIpc) is 2.41. The smallest absolute Gasteiger partial charge is 0.132 e. The van der Waals surface area contributed by atoms with E-state index in [1.54, 1.807) is 6.07 Å². The molecule has 0 aliphatic heterocycles. The lowest BCUT2D eigenvalue weighted by molar-refractivity contribution is 0.350. The molecule has 0 bridgehead atoms. The van der Waals surface area contributed by atoms with Crippen LogP contribution in [0.3, 0.4) is 0 Å². The van der Waals surface area contributed by atoms with Crippen molar-refractivity contribution in [3.63, 3.8) is 0 Å². The Kier molecular flexibility index (Phi) is 4.36. The molecule has 1 heterocycles. The van der Waals surface area contributed by atoms with Gasteiger partial charge in [-0.15, -0.1) is 0 Å². The van der Waals surface area contributed by atoms with E-state index < -0.39 is 0 Å². The van der Waals surface area contributed by atoms with Gasteiger partial charge in [-0.2, -0.15) is 0 Å². The highest BCUT2D eigenvalue weighted by Crippen LogP contribution is 2.26. The molecule has 2 rings (SSSR count). The number of benzene rings is 1. The largest absolute Gasteiger partial charge is 0.384 e. The number of hydrogen-bond acceptors (Lipinski definition) is 2. The molecule has 0 fully saturated rings. The topological polar surface area (TPSA) is 33.1 Å². The van der Waals surface area contributed by atoms with Crippen molar-refractivity contribution >= 4 is 10.9 Å². The molecule has 0 unspecified atom stereocenters. The van der Waals surface area contributed by atoms with Crippen LogP contribution in [0.2, 0.25) is 0 Å². The highest BCUT2D eigenvalue weighted by atomic mass is 19.1. The molecule has 0 atom stereocenters. The van der Waals surface area contributed by atoms with Crippen LogP contribution in [0, 0.1) is 31.5 Å². The molecular weight excluding hydrogens is 253 g/mol. The number of nitrogens with zero attached hydrogens (tertiary/aromatic N) is 1. The summed E-state index contributed by atoms with van der Waals surface area (Å²) in [5.41, 5.74) is 4.02. The fraction of sp³-hybridized carbons (Fsp3) is 0.353. The summed E-state index contributed by atoms with van der Waals surface area (Å²) >= 11 is 0. The maximum Gasteiger partial charge on any atom is 0.132 e. The van der Waals surface area contributed by atoms with E-state index in [4.69, 9.17) is 5.11 Å². The number of aliphatic hydroxyl groups is 1. The maximum atomic E-state index is 14.2. The lowest BCUT2D eigenvalue weighted by atomic mass is 9.98. The highest BCUT2D eigenvalue weighted by Gasteiger charge is 2.13. The van der Waals surface area contributed by atoms with Gasteiger partial charge in [-0.05, 0) is 43.5 Å². The van der Waals surface area contributed by atoms with Gasteiger partial charge in [0.2, 0.25) is 0 Å². The average molecular weight is 271 g/mol. The maximum absolute atomic E-state index is 14.2. The van der Waals surface area contributed by atoms with Gasteiger partial charge in [0.25, 0.3) is 0 Å². The van der Waals surface area contributed by atoms with E-state index in [1.807, 2.05) is 26.8 Å². The molecule has 1 N–H and O–H groups in total. The minimum Gasteiger partial charge on any atom is -0.384 e. The summed E-state index contributed by atoms with van der Waals surface area (Å²) in [5, 5.41) is 9.40. The van der Waals surface area contributed by atoms with Crippen molar-refractivity contribution in [1.29, 1.82) is 0 Å². The highest BCUT2D eigenvalue weighted by molar-refractivity contribution is 5.87. The van der Waals surface area contributed by atoms with Crippen molar-refractivity contribution in [2.45, 2.75) is 33.6 Å². The molecule has 0 radical (unpaired) electrons. The van der Waals surface area contributed by atoms with Crippen LogP contribution >= 0.6 is 0 Å². The summed E-state index contributed by atoms with van der Waals surface area (Å²) in [5.74, 6) is 5.33. The molecule has 0 aliphatic rings. The lowest BCUT2D eigenvalue weighted by Gasteiger charge is -2.10. The third-order valence-electron chi connectivity index (χ3n) is 3.39. The number of aryl methyl sites for hydroxylation is 3. The zero-order chi connectivity index (χ0) is 14.7. The molecule has 3 heteroatoms. The van der Waals surface area contributed by atoms with E-state index in [0.29, 0.717) is 10.9 Å². The van der Waals surface area contributed by atoms with Crippen molar-refractivity contribution in [3.05, 3.63) is 40.3 Å². The molecule has 0 aliphatic carbocycles. The predicted molar refractivity (Wildman–Crippen MR) is 79.1 cm³/mol. The Labute approximate surface area is 118 Å². The molecule has 2 aromatic rings. The van der Waals surface area contributed by atoms with E-state index in [-0.39, 0.29) is 12.4 Å². The molecule has 104 valence electrons. The summed E-state index contributed by atoms with van der Waals surface area (Å²) in [6.45, 7) is 5.65. The molecule has 0 saturated carbocycles. The van der Waals surface area contributed by atoms with E-state index in [1.165, 1.54) is 0 Å². The molecule has 0 amide bonds. The monoisotopic (exact) mass is 271 g/mol. The molecule has 1 aromatic heterocycles. The second-order valence-corrected chi connectivity index (χ2v) is 4.89. The number of fused-ring (bicyclic) bond motifs is 1. The van der Waals surface area contributed by atoms with Crippen molar-refractivity contribution in [2.75, 3.05) is 6.61 Å². The van der Waals surface area contributed by atoms with E-state index >= 15 is 0 Å². The van der Waals surface area contributed by atoms with Gasteiger partial charge < -0.3 is 5.11 Å². The summed E-state index contributed by atoms with van der Waals surface area (Å²) in [6, 6.07) is 3.36. The standard InChI is InChI=1S/C17H18FNO/c1-4-6-13-10-16(18)15-9-11(2)12(3)19-17(15)14(13)7-5-8-20/h9-10,20H,4,6,8H2,1-3H3. The van der Waals surface area contributed by atoms with Gasteiger partial charge in [0.15, 0.2) is 0 Å². The normalized spacial score (nSPS) is 10.4. The molecule has 0 saturated heterocycles. The van der Waals surface area contributed by atoms with Gasteiger partial charge in [0, 0.05) is 11.1 Å². The van der Waals surface area contributed by atoms with Crippen LogP contribution in [-0.4, -0.2) is 16.7 Å². The third kappa shape index (κ3) is 2.66. The van der Waals surface area contributed by atoms with Crippen LogP contribution < -0.4 is 0 Å². The van der Waals surface area contributed by atoms with E-state index in [0.717, 1.165) is 35.2 Å². The van der Waals surface area contributed by atoms with Crippen LogP contribution in [0.4, 0.5) is 4.39 Å². The Morgan fingerprint density at radius 3 is 2.70 bits per heavy atom. The number of halogens is 1. The summed E-state index contributed by atoms with van der Waals surface area (Å²) < 4.78 is 14.2. The zero-order valence-corrected chi connectivity index (χ0v) is 12.0. The second kappa shape index (κ2) is 6.02. The Hall–Kier alpha value is -1.92. The van der Waals surface area contributed by atoms with Crippen molar-refractivity contribution in [1.82, 2.24) is 4.98 Å². The van der Waals surface area contributed by atoms with Gasteiger partial charge in [-0.3, -0.25) is 4.98 Å². The Bertz CT molecular complexity index is 710. The first-order chi connectivity index (χ1) is 9.58. The molecule has 1 aromatic carbocycles. The van der Waals surface area contributed by atoms with Crippen LogP contribution in [0.1, 0.15) is 35.7 Å². The fourth-order valence-electron chi connectivity index (χ4n) is 2.27. The first kappa shape index (κ1) is 14.5. The summed E-state index contributed by atoms with van der Waals surface area (Å²) in [4.78, 5) is 4.51. The van der Waals surface area contributed by atoms with Crippen LogP contribution in [0.25, 0.3) is 10.9 Å². The minimum atomic E-state index is -0.256. The Morgan fingerprint density at radius 1 is 1.30 bits per heavy atom. The zero-order valence-electron chi connectivity index (χ0n) is 12.0. The van der Waals surface area contributed by atoms with Gasteiger partial charge in [0.1, 0.15) is 12.4 Å². The first-order valence-corrected chi connectivity index (χ1v) is 6.77. The minimum absolute atomic E-state index is 0.213. The number of hydrogen-bond donors (Lipinski definition) is 1. The summed E-state index contributed by atoms with van der Waals surface area (Å²) in [6.07, 6.45) is 1.65. The van der Waals surface area contributed by atoms with E-state index in [2.05, 4.69) is 16.8 Å². The quantitative estimate of drug-likeness (QED) is 0.850. The molecular formula is C17H18FNO. The van der Waals surface area contributed by atoms with Gasteiger partial charge in [-0.1, -0.05) is 25.2 Å². The van der Waals surface area contributed by atoms with E-state index in [9.17, 15) is 4.39 Å². The predicted octanol–water partition coefficient (Wildman–Crippen LogP) is 3.29. The van der Waals surface area contributed by atoms with Crippen molar-refractivity contribution in [2.24, 2.45) is 0 Å². The second-order valence-electron chi connectivity index (χ2n) is 4.89. The van der Waals surface area contributed by atoms with Crippen molar-refractivity contribution < 1.29 is 9.50 Å². The number of pyridine rings is 1. The van der Waals surface area contributed by atoms with Gasteiger partial charge in [0.05, 0.1) is 11.1 Å². The molecule has 0 spiro atoms. The third-order valence-corrected chi connectivity index (χ3v) is 3.39. The van der Waals surface area contributed by atoms with Crippen molar-refractivity contribution in [3.8, 4) is 11.8 Å². The van der Waals surface area contributed by atoms with Gasteiger partial charge >= 0.3 is 0 Å². The van der Waals surface area contributed by atoms with Crippen LogP contribution in [0.15, 0.2) is 12.1 Å². The van der Waals surface area contributed by atoms with Gasteiger partial charge in [-0.25, -0.2) is 4.39 Å². The number of rotatable bonds is 2. The molecule has 2 nitrogen and oxygen atoms in total. The first-order valence-electron chi connectivity index (χ1n) is 6.77. The van der Waals surface area contributed by atoms with Crippen LogP contribution in [-0.2, 0) is 6.42 Å².